The SMILES string of the molecule is C=CCOC(=O)c1cc(C)n(-c2cc(C)on2)c1C. The molecule has 0 aliphatic rings. The minimum atomic E-state index is -0.362. The highest BCUT2D eigenvalue weighted by atomic mass is 16.5. The molecule has 100 valence electrons. The molecule has 0 fully saturated rings. The summed E-state index contributed by atoms with van der Waals surface area (Å²) in [6.45, 7) is 9.29. The molecule has 2 heterocycles. The summed E-state index contributed by atoms with van der Waals surface area (Å²) in [4.78, 5) is 11.9. The Balaban J connectivity index is 2.40. The van der Waals surface area contributed by atoms with Crippen molar-refractivity contribution in [1.82, 2.24) is 9.72 Å². The first-order valence-corrected chi connectivity index (χ1v) is 5.95. The molecule has 0 N–H and O–H groups in total. The highest BCUT2D eigenvalue weighted by Gasteiger charge is 2.19. The molecule has 0 aliphatic heterocycles. The van der Waals surface area contributed by atoms with E-state index in [0.717, 1.165) is 17.1 Å². The van der Waals surface area contributed by atoms with Gasteiger partial charge in [0.25, 0.3) is 0 Å². The lowest BCUT2D eigenvalue weighted by Crippen LogP contribution is -2.07. The van der Waals surface area contributed by atoms with E-state index in [4.69, 9.17) is 9.26 Å². The van der Waals surface area contributed by atoms with Crippen LogP contribution < -0.4 is 0 Å². The summed E-state index contributed by atoms with van der Waals surface area (Å²) in [5.41, 5.74) is 2.20. The second-order valence-corrected chi connectivity index (χ2v) is 4.30. The van der Waals surface area contributed by atoms with Gasteiger partial charge in [-0.15, -0.1) is 0 Å². The van der Waals surface area contributed by atoms with Gasteiger partial charge in [0.15, 0.2) is 5.82 Å². The van der Waals surface area contributed by atoms with Gasteiger partial charge in [-0.05, 0) is 26.8 Å². The Bertz CT molecular complexity index is 623. The predicted molar refractivity (Wildman–Crippen MR) is 70.5 cm³/mol. The van der Waals surface area contributed by atoms with Crippen LogP contribution in [-0.4, -0.2) is 22.3 Å². The number of carbonyl (C=O) groups excluding carboxylic acids is 1. The molecular formula is C14H16N2O3. The maximum Gasteiger partial charge on any atom is 0.340 e. The normalized spacial score (nSPS) is 10.5. The first kappa shape index (κ1) is 13.1. The molecule has 0 bridgehead atoms. The number of rotatable bonds is 4. The second kappa shape index (κ2) is 5.14. The van der Waals surface area contributed by atoms with Crippen molar-refractivity contribution in [2.24, 2.45) is 0 Å². The minimum Gasteiger partial charge on any atom is -0.458 e. The van der Waals surface area contributed by atoms with Crippen molar-refractivity contribution >= 4 is 5.97 Å². The van der Waals surface area contributed by atoms with E-state index in [-0.39, 0.29) is 12.6 Å². The van der Waals surface area contributed by atoms with Gasteiger partial charge in [0, 0.05) is 17.5 Å². The fourth-order valence-corrected chi connectivity index (χ4v) is 1.99. The Morgan fingerprint density at radius 3 is 2.79 bits per heavy atom. The monoisotopic (exact) mass is 260 g/mol. The van der Waals surface area contributed by atoms with E-state index in [0.29, 0.717) is 11.4 Å². The number of ether oxygens (including phenoxy) is 1. The molecule has 0 spiro atoms. The summed E-state index contributed by atoms with van der Waals surface area (Å²) in [7, 11) is 0. The van der Waals surface area contributed by atoms with Gasteiger partial charge in [-0.3, -0.25) is 4.57 Å². The zero-order valence-corrected chi connectivity index (χ0v) is 11.3. The Morgan fingerprint density at radius 2 is 2.21 bits per heavy atom. The third-order valence-corrected chi connectivity index (χ3v) is 2.83. The molecule has 0 unspecified atom stereocenters. The Hall–Kier alpha value is -2.30. The van der Waals surface area contributed by atoms with Crippen molar-refractivity contribution in [1.29, 1.82) is 0 Å². The van der Waals surface area contributed by atoms with Crippen molar-refractivity contribution < 1.29 is 14.1 Å². The van der Waals surface area contributed by atoms with E-state index in [2.05, 4.69) is 11.7 Å². The number of hydrogen-bond acceptors (Lipinski definition) is 4. The molecule has 2 rings (SSSR count). The number of hydrogen-bond donors (Lipinski definition) is 0. The highest BCUT2D eigenvalue weighted by Crippen LogP contribution is 2.21. The zero-order chi connectivity index (χ0) is 14.0. The first-order valence-electron chi connectivity index (χ1n) is 5.95. The van der Waals surface area contributed by atoms with Crippen LogP contribution >= 0.6 is 0 Å². The van der Waals surface area contributed by atoms with Crippen LogP contribution in [0.15, 0.2) is 29.3 Å². The number of esters is 1. The van der Waals surface area contributed by atoms with Crippen molar-refractivity contribution in [3.63, 3.8) is 0 Å². The lowest BCUT2D eigenvalue weighted by Gasteiger charge is -2.05. The van der Waals surface area contributed by atoms with Crippen LogP contribution in [0, 0.1) is 20.8 Å². The number of aryl methyl sites for hydroxylation is 2. The largest absolute Gasteiger partial charge is 0.458 e. The van der Waals surface area contributed by atoms with Gasteiger partial charge in [-0.1, -0.05) is 17.8 Å². The van der Waals surface area contributed by atoms with Gasteiger partial charge < -0.3 is 9.26 Å². The van der Waals surface area contributed by atoms with Crippen LogP contribution in [0.4, 0.5) is 0 Å². The minimum absolute atomic E-state index is 0.200. The van der Waals surface area contributed by atoms with Gasteiger partial charge in [-0.2, -0.15) is 0 Å². The van der Waals surface area contributed by atoms with Crippen molar-refractivity contribution in [2.45, 2.75) is 20.8 Å². The van der Waals surface area contributed by atoms with E-state index in [9.17, 15) is 4.79 Å². The summed E-state index contributed by atoms with van der Waals surface area (Å²) >= 11 is 0. The molecule has 0 radical (unpaired) electrons. The second-order valence-electron chi connectivity index (χ2n) is 4.30. The molecule has 19 heavy (non-hydrogen) atoms. The van der Waals surface area contributed by atoms with E-state index in [1.54, 1.807) is 6.07 Å². The van der Waals surface area contributed by atoms with Gasteiger partial charge >= 0.3 is 5.97 Å². The third kappa shape index (κ3) is 2.45. The van der Waals surface area contributed by atoms with Crippen LogP contribution in [0.2, 0.25) is 0 Å². The average Bonchev–Trinajstić information content (AvgIpc) is 2.90. The average molecular weight is 260 g/mol. The van der Waals surface area contributed by atoms with Crippen LogP contribution in [-0.2, 0) is 4.74 Å². The molecule has 0 aromatic carbocycles. The topological polar surface area (TPSA) is 57.3 Å². The highest BCUT2D eigenvalue weighted by molar-refractivity contribution is 5.91. The smallest absolute Gasteiger partial charge is 0.340 e. The quantitative estimate of drug-likeness (QED) is 0.626. The molecule has 2 aromatic rings. The van der Waals surface area contributed by atoms with E-state index in [1.807, 2.05) is 31.4 Å². The summed E-state index contributed by atoms with van der Waals surface area (Å²) in [5, 5.41) is 3.96. The molecule has 0 amide bonds. The Kier molecular flexibility index (Phi) is 3.55. The molecule has 0 saturated carbocycles. The van der Waals surface area contributed by atoms with E-state index >= 15 is 0 Å². The standard InChI is InChI=1S/C14H16N2O3/c1-5-6-18-14(17)12-7-9(2)16(11(12)4)13-8-10(3)19-15-13/h5,7-8H,1,6H2,2-4H3. The number of carbonyl (C=O) groups is 1. The van der Waals surface area contributed by atoms with E-state index in [1.165, 1.54) is 6.08 Å². The summed E-state index contributed by atoms with van der Waals surface area (Å²) < 4.78 is 12.0. The summed E-state index contributed by atoms with van der Waals surface area (Å²) in [5.74, 6) is 1.02. The molecule has 0 saturated heterocycles. The summed E-state index contributed by atoms with van der Waals surface area (Å²) in [6.07, 6.45) is 1.54. The third-order valence-electron chi connectivity index (χ3n) is 2.83. The van der Waals surface area contributed by atoms with E-state index < -0.39 is 0 Å². The summed E-state index contributed by atoms with van der Waals surface area (Å²) in [6, 6.07) is 3.60. The maximum absolute atomic E-state index is 11.9. The van der Waals surface area contributed by atoms with Crippen molar-refractivity contribution in [3.8, 4) is 5.82 Å². The molecular weight excluding hydrogens is 244 g/mol. The van der Waals surface area contributed by atoms with Gasteiger partial charge in [0.1, 0.15) is 12.4 Å². The van der Waals surface area contributed by atoms with Gasteiger partial charge in [-0.25, -0.2) is 4.79 Å². The predicted octanol–water partition coefficient (Wildman–Crippen LogP) is 2.73. The Labute approximate surface area is 111 Å². The number of aromatic nitrogens is 2. The molecule has 5 heteroatoms. The molecule has 2 aromatic heterocycles. The van der Waals surface area contributed by atoms with Gasteiger partial charge in [0.2, 0.25) is 0 Å². The van der Waals surface area contributed by atoms with Crippen molar-refractivity contribution in [2.75, 3.05) is 6.61 Å². The number of nitrogens with zero attached hydrogens (tertiary/aromatic N) is 2. The van der Waals surface area contributed by atoms with Crippen LogP contribution in [0.5, 0.6) is 0 Å². The fourth-order valence-electron chi connectivity index (χ4n) is 1.99. The van der Waals surface area contributed by atoms with Crippen LogP contribution in [0.3, 0.4) is 0 Å². The Morgan fingerprint density at radius 1 is 1.47 bits per heavy atom. The lowest BCUT2D eigenvalue weighted by atomic mass is 10.2. The fraction of sp³-hybridized carbons (Fsp3) is 0.286. The van der Waals surface area contributed by atoms with Crippen LogP contribution in [0.25, 0.3) is 5.82 Å². The van der Waals surface area contributed by atoms with Crippen LogP contribution in [0.1, 0.15) is 27.5 Å². The molecule has 0 atom stereocenters. The maximum atomic E-state index is 11.9. The van der Waals surface area contributed by atoms with Gasteiger partial charge in [0.05, 0.1) is 5.56 Å². The molecule has 0 aliphatic carbocycles. The van der Waals surface area contributed by atoms with Crippen molar-refractivity contribution in [3.05, 3.63) is 47.5 Å². The first-order chi connectivity index (χ1) is 9.04. The molecule has 5 nitrogen and oxygen atoms in total. The zero-order valence-electron chi connectivity index (χ0n) is 11.3. The lowest BCUT2D eigenvalue weighted by molar-refractivity contribution is 0.0549.